The summed E-state index contributed by atoms with van der Waals surface area (Å²) in [5.74, 6) is 1.25. The molecule has 26 heavy (non-hydrogen) atoms. The minimum absolute atomic E-state index is 0.0675. The number of likely N-dealkylation sites (tertiary alicyclic amines) is 1. The minimum Gasteiger partial charge on any atom is -0.473 e. The smallest absolute Gasteiger partial charge is 0.323 e. The highest BCUT2D eigenvalue weighted by Gasteiger charge is 2.26. The molecule has 2 amide bonds. The Morgan fingerprint density at radius 2 is 2.15 bits per heavy atom. The molecule has 0 aromatic carbocycles. The first-order chi connectivity index (χ1) is 12.7. The van der Waals surface area contributed by atoms with Crippen LogP contribution in [0.5, 0.6) is 5.88 Å². The largest absolute Gasteiger partial charge is 0.473 e. The van der Waals surface area contributed by atoms with E-state index in [1.165, 1.54) is 17.0 Å². The van der Waals surface area contributed by atoms with Gasteiger partial charge in [0.2, 0.25) is 5.88 Å². The number of thiazole rings is 1. The van der Waals surface area contributed by atoms with Crippen LogP contribution in [0.15, 0.2) is 18.6 Å². The second kappa shape index (κ2) is 7.57. The second-order valence-electron chi connectivity index (χ2n) is 7.01. The van der Waals surface area contributed by atoms with E-state index in [1.54, 1.807) is 29.9 Å². The number of carbonyl (C=O) groups excluding carboxylic acids is 1. The molecule has 2 aromatic rings. The SMILES string of the molecule is CC1CCc2nc(NC(=O)N3CCC(Oc4cnccn4)CC3)sc2C1. The molecule has 0 bridgehead atoms. The number of hydrogen-bond donors (Lipinski definition) is 1. The zero-order chi connectivity index (χ0) is 17.9. The molecule has 1 aliphatic carbocycles. The van der Waals surface area contributed by atoms with Crippen LogP contribution in [0.1, 0.15) is 36.8 Å². The van der Waals surface area contributed by atoms with Crippen LogP contribution in [0, 0.1) is 5.92 Å². The molecular formula is C18H23N5O2S. The van der Waals surface area contributed by atoms with Crippen LogP contribution in [0.25, 0.3) is 0 Å². The lowest BCUT2D eigenvalue weighted by molar-refractivity contribution is 0.111. The third kappa shape index (κ3) is 3.95. The molecule has 2 aliphatic rings. The Hall–Kier alpha value is -2.22. The first-order valence-electron chi connectivity index (χ1n) is 9.14. The number of carbonyl (C=O) groups is 1. The Labute approximate surface area is 156 Å². The van der Waals surface area contributed by atoms with Gasteiger partial charge in [-0.1, -0.05) is 6.92 Å². The van der Waals surface area contributed by atoms with Crippen molar-refractivity contribution in [3.8, 4) is 5.88 Å². The Morgan fingerprint density at radius 3 is 2.92 bits per heavy atom. The fourth-order valence-corrected chi connectivity index (χ4v) is 4.62. The zero-order valence-corrected chi connectivity index (χ0v) is 15.7. The topological polar surface area (TPSA) is 80.2 Å². The third-order valence-corrected chi connectivity index (χ3v) is 5.99. The second-order valence-corrected chi connectivity index (χ2v) is 8.10. The number of urea groups is 1. The Kier molecular flexibility index (Phi) is 5.01. The highest BCUT2D eigenvalue weighted by atomic mass is 32.1. The van der Waals surface area contributed by atoms with E-state index in [4.69, 9.17) is 4.74 Å². The zero-order valence-electron chi connectivity index (χ0n) is 14.9. The van der Waals surface area contributed by atoms with Crippen LogP contribution >= 0.6 is 11.3 Å². The molecule has 1 N–H and O–H groups in total. The monoisotopic (exact) mass is 373 g/mol. The summed E-state index contributed by atoms with van der Waals surface area (Å²) in [4.78, 5) is 28.4. The van der Waals surface area contributed by atoms with Gasteiger partial charge in [-0.05, 0) is 25.2 Å². The quantitative estimate of drug-likeness (QED) is 0.894. The number of piperidine rings is 1. The summed E-state index contributed by atoms with van der Waals surface area (Å²) >= 11 is 1.62. The van der Waals surface area contributed by atoms with Gasteiger partial charge < -0.3 is 9.64 Å². The van der Waals surface area contributed by atoms with E-state index in [2.05, 4.69) is 27.2 Å². The van der Waals surface area contributed by atoms with E-state index >= 15 is 0 Å². The van der Waals surface area contributed by atoms with Crippen LogP contribution < -0.4 is 10.1 Å². The lowest BCUT2D eigenvalue weighted by Gasteiger charge is -2.31. The molecule has 138 valence electrons. The average Bonchev–Trinajstić information content (AvgIpc) is 3.04. The van der Waals surface area contributed by atoms with Crippen molar-refractivity contribution in [2.75, 3.05) is 18.4 Å². The average molecular weight is 373 g/mol. The maximum absolute atomic E-state index is 12.5. The molecule has 0 spiro atoms. The van der Waals surface area contributed by atoms with Gasteiger partial charge in [0, 0.05) is 43.2 Å². The lowest BCUT2D eigenvalue weighted by atomic mass is 9.93. The van der Waals surface area contributed by atoms with Gasteiger partial charge in [-0.3, -0.25) is 10.3 Å². The number of rotatable bonds is 3. The van der Waals surface area contributed by atoms with E-state index in [0.29, 0.717) is 24.9 Å². The van der Waals surface area contributed by atoms with Crippen molar-refractivity contribution < 1.29 is 9.53 Å². The maximum atomic E-state index is 12.5. The number of fused-ring (bicyclic) bond motifs is 1. The van der Waals surface area contributed by atoms with Gasteiger partial charge in [-0.2, -0.15) is 0 Å². The number of amides is 2. The van der Waals surface area contributed by atoms with Gasteiger partial charge in [0.25, 0.3) is 0 Å². The fraction of sp³-hybridized carbons (Fsp3) is 0.556. The van der Waals surface area contributed by atoms with Gasteiger partial charge in [-0.25, -0.2) is 14.8 Å². The summed E-state index contributed by atoms with van der Waals surface area (Å²) in [6, 6.07) is -0.0675. The summed E-state index contributed by atoms with van der Waals surface area (Å²) in [5.41, 5.74) is 1.17. The molecule has 2 aromatic heterocycles. The Bertz CT molecular complexity index is 758. The number of aryl methyl sites for hydroxylation is 1. The summed E-state index contributed by atoms with van der Waals surface area (Å²) in [6.07, 6.45) is 9.79. The number of nitrogens with zero attached hydrogens (tertiary/aromatic N) is 4. The van der Waals surface area contributed by atoms with Crippen LogP contribution in [0.3, 0.4) is 0 Å². The molecule has 3 heterocycles. The van der Waals surface area contributed by atoms with Crippen molar-refractivity contribution in [2.45, 2.75) is 45.1 Å². The molecule has 4 rings (SSSR count). The van der Waals surface area contributed by atoms with E-state index in [1.807, 2.05) is 4.90 Å². The van der Waals surface area contributed by atoms with Crippen LogP contribution in [-0.4, -0.2) is 45.1 Å². The first kappa shape index (κ1) is 17.2. The predicted molar refractivity (Wildman–Crippen MR) is 99.6 cm³/mol. The minimum atomic E-state index is -0.0675. The highest BCUT2D eigenvalue weighted by molar-refractivity contribution is 7.15. The number of nitrogens with one attached hydrogen (secondary N) is 1. The molecule has 1 atom stereocenters. The molecule has 7 nitrogen and oxygen atoms in total. The fourth-order valence-electron chi connectivity index (χ4n) is 3.46. The van der Waals surface area contributed by atoms with Crippen LogP contribution in [0.2, 0.25) is 0 Å². The Balaban J connectivity index is 1.29. The van der Waals surface area contributed by atoms with Crippen molar-refractivity contribution in [3.63, 3.8) is 0 Å². The molecule has 0 saturated carbocycles. The Morgan fingerprint density at radius 1 is 1.31 bits per heavy atom. The molecule has 0 radical (unpaired) electrons. The molecular weight excluding hydrogens is 350 g/mol. The van der Waals surface area contributed by atoms with Crippen molar-refractivity contribution in [2.24, 2.45) is 5.92 Å². The van der Waals surface area contributed by atoms with Crippen LogP contribution in [0.4, 0.5) is 9.93 Å². The van der Waals surface area contributed by atoms with Crippen molar-refractivity contribution in [1.29, 1.82) is 0 Å². The number of ether oxygens (including phenoxy) is 1. The molecule has 1 unspecified atom stereocenters. The molecule has 1 aliphatic heterocycles. The van der Waals surface area contributed by atoms with Gasteiger partial charge in [0.1, 0.15) is 6.10 Å². The molecule has 8 heteroatoms. The molecule has 1 fully saturated rings. The van der Waals surface area contributed by atoms with Crippen molar-refractivity contribution in [1.82, 2.24) is 19.9 Å². The van der Waals surface area contributed by atoms with Crippen molar-refractivity contribution >= 4 is 22.5 Å². The van der Waals surface area contributed by atoms with Crippen LogP contribution in [-0.2, 0) is 12.8 Å². The van der Waals surface area contributed by atoms with Gasteiger partial charge in [0.05, 0.1) is 11.9 Å². The number of anilines is 1. The number of aromatic nitrogens is 3. The van der Waals surface area contributed by atoms with Gasteiger partial charge >= 0.3 is 6.03 Å². The van der Waals surface area contributed by atoms with Gasteiger partial charge in [-0.15, -0.1) is 11.3 Å². The molecule has 1 saturated heterocycles. The highest BCUT2D eigenvalue weighted by Crippen LogP contribution is 2.32. The van der Waals surface area contributed by atoms with Gasteiger partial charge in [0.15, 0.2) is 5.13 Å². The third-order valence-electron chi connectivity index (χ3n) is 4.96. The van der Waals surface area contributed by atoms with E-state index in [9.17, 15) is 4.79 Å². The summed E-state index contributed by atoms with van der Waals surface area (Å²) in [5, 5.41) is 3.71. The first-order valence-corrected chi connectivity index (χ1v) is 9.96. The number of hydrogen-bond acceptors (Lipinski definition) is 6. The van der Waals surface area contributed by atoms with E-state index in [0.717, 1.165) is 30.8 Å². The van der Waals surface area contributed by atoms with E-state index < -0.39 is 0 Å². The summed E-state index contributed by atoms with van der Waals surface area (Å²) in [6.45, 7) is 3.60. The normalized spacial score (nSPS) is 20.5. The van der Waals surface area contributed by atoms with Crippen molar-refractivity contribution in [3.05, 3.63) is 29.2 Å². The standard InChI is InChI=1S/C18H23N5O2S/c1-12-2-3-14-15(10-12)26-17(21-14)22-18(24)23-8-4-13(5-9-23)25-16-11-19-6-7-20-16/h6-7,11-13H,2-5,8-10H2,1H3,(H,21,22,24). The predicted octanol–water partition coefficient (Wildman–Crippen LogP) is 3.13. The summed E-state index contributed by atoms with van der Waals surface area (Å²) in [7, 11) is 0. The maximum Gasteiger partial charge on any atom is 0.323 e. The lowest BCUT2D eigenvalue weighted by Crippen LogP contribution is -2.43. The van der Waals surface area contributed by atoms with E-state index in [-0.39, 0.29) is 12.1 Å². The summed E-state index contributed by atoms with van der Waals surface area (Å²) < 4.78 is 5.82.